The highest BCUT2D eigenvalue weighted by molar-refractivity contribution is 9.10. The van der Waals surface area contributed by atoms with E-state index < -0.39 is 16.1 Å². The first-order valence-corrected chi connectivity index (χ1v) is 10.5. The van der Waals surface area contributed by atoms with Gasteiger partial charge < -0.3 is 10.1 Å². The molecule has 3 N–H and O–H groups in total. The molecule has 0 saturated carbocycles. The van der Waals surface area contributed by atoms with Crippen molar-refractivity contribution in [3.8, 4) is 5.75 Å². The molecule has 138 valence electrons. The number of ether oxygens (including phenoxy) is 1. The van der Waals surface area contributed by atoms with Crippen LogP contribution in [0.2, 0.25) is 0 Å². The maximum atomic E-state index is 12.6. The lowest BCUT2D eigenvalue weighted by Crippen LogP contribution is -2.39. The van der Waals surface area contributed by atoms with Gasteiger partial charge in [0.1, 0.15) is 5.75 Å². The lowest BCUT2D eigenvalue weighted by atomic mass is 10.0. The molecule has 0 fully saturated rings. The van der Waals surface area contributed by atoms with Gasteiger partial charge in [0.2, 0.25) is 10.0 Å². The van der Waals surface area contributed by atoms with Crippen molar-refractivity contribution in [1.82, 2.24) is 5.32 Å². The topological polar surface area (TPSA) is 98.5 Å². The van der Waals surface area contributed by atoms with E-state index in [-0.39, 0.29) is 16.8 Å². The molecule has 2 unspecified atom stereocenters. The quantitative estimate of drug-likeness (QED) is 0.749. The highest BCUT2D eigenvalue weighted by atomic mass is 79.9. The van der Waals surface area contributed by atoms with Crippen LogP contribution in [0.15, 0.2) is 51.8 Å². The third-order valence-corrected chi connectivity index (χ3v) is 5.71. The van der Waals surface area contributed by atoms with Gasteiger partial charge in [-0.2, -0.15) is 0 Å². The normalized spacial score (nSPS) is 17.3. The Labute approximate surface area is 160 Å². The molecule has 1 heterocycles. The van der Waals surface area contributed by atoms with Gasteiger partial charge in [-0.3, -0.25) is 4.79 Å². The zero-order valence-electron chi connectivity index (χ0n) is 14.1. The van der Waals surface area contributed by atoms with E-state index in [4.69, 9.17) is 9.88 Å². The molecular weight excluding hydrogens is 420 g/mol. The number of benzene rings is 2. The minimum atomic E-state index is -3.79. The second kappa shape index (κ2) is 7.38. The minimum Gasteiger partial charge on any atom is -0.480 e. The van der Waals surface area contributed by atoms with Gasteiger partial charge in [0.05, 0.1) is 10.9 Å². The lowest BCUT2D eigenvalue weighted by Gasteiger charge is -2.20. The average Bonchev–Trinajstić information content (AvgIpc) is 3.02. The molecule has 2 aromatic carbocycles. The van der Waals surface area contributed by atoms with Crippen molar-refractivity contribution in [2.45, 2.75) is 36.8 Å². The van der Waals surface area contributed by atoms with Crippen LogP contribution in [-0.2, 0) is 21.2 Å². The average molecular weight is 439 g/mol. The lowest BCUT2D eigenvalue weighted by molar-refractivity contribution is -0.128. The number of carbonyl (C=O) groups excluding carboxylic acids is 1. The predicted molar refractivity (Wildman–Crippen MR) is 101 cm³/mol. The van der Waals surface area contributed by atoms with Crippen LogP contribution in [0, 0.1) is 0 Å². The Morgan fingerprint density at radius 3 is 2.81 bits per heavy atom. The second-order valence-electron chi connectivity index (χ2n) is 6.15. The van der Waals surface area contributed by atoms with Crippen LogP contribution in [-0.4, -0.2) is 20.4 Å². The molecule has 0 spiro atoms. The van der Waals surface area contributed by atoms with Gasteiger partial charge in [-0.05, 0) is 47.9 Å². The van der Waals surface area contributed by atoms with E-state index in [1.165, 1.54) is 12.1 Å². The van der Waals surface area contributed by atoms with Crippen molar-refractivity contribution in [3.63, 3.8) is 0 Å². The van der Waals surface area contributed by atoms with Gasteiger partial charge in [0, 0.05) is 10.9 Å². The molecular formula is C18H19BrN2O4S. The number of hydrogen-bond acceptors (Lipinski definition) is 4. The second-order valence-corrected chi connectivity index (χ2v) is 8.63. The molecule has 8 heteroatoms. The SMILES string of the molecule is CCC(NC(=O)C1Cc2cc(Br)ccc2O1)c1cccc(S(N)(=O)=O)c1. The van der Waals surface area contributed by atoms with Gasteiger partial charge in [-0.25, -0.2) is 13.6 Å². The summed E-state index contributed by atoms with van der Waals surface area (Å²) in [5.41, 5.74) is 1.66. The first-order valence-electron chi connectivity index (χ1n) is 8.16. The number of fused-ring (bicyclic) bond motifs is 1. The molecule has 0 saturated heterocycles. The number of nitrogens with one attached hydrogen (secondary N) is 1. The van der Waals surface area contributed by atoms with Crippen molar-refractivity contribution in [3.05, 3.63) is 58.1 Å². The van der Waals surface area contributed by atoms with Crippen LogP contribution in [0.3, 0.4) is 0 Å². The third-order valence-electron chi connectivity index (χ3n) is 4.30. The third kappa shape index (κ3) is 4.08. The van der Waals surface area contributed by atoms with Crippen LogP contribution in [0.25, 0.3) is 0 Å². The van der Waals surface area contributed by atoms with Crippen LogP contribution in [0.4, 0.5) is 0 Å². The van der Waals surface area contributed by atoms with Crippen LogP contribution < -0.4 is 15.2 Å². The highest BCUT2D eigenvalue weighted by Crippen LogP contribution is 2.31. The van der Waals surface area contributed by atoms with Crippen molar-refractivity contribution in [1.29, 1.82) is 0 Å². The van der Waals surface area contributed by atoms with E-state index in [0.717, 1.165) is 10.0 Å². The van der Waals surface area contributed by atoms with Crippen LogP contribution in [0.5, 0.6) is 5.75 Å². The molecule has 2 aromatic rings. The fourth-order valence-electron chi connectivity index (χ4n) is 2.96. The van der Waals surface area contributed by atoms with Crippen molar-refractivity contribution >= 4 is 31.9 Å². The summed E-state index contributed by atoms with van der Waals surface area (Å²) in [5, 5.41) is 8.13. The number of hydrogen-bond donors (Lipinski definition) is 2. The molecule has 3 rings (SSSR count). The Morgan fingerprint density at radius 2 is 2.12 bits per heavy atom. The van der Waals surface area contributed by atoms with E-state index in [0.29, 0.717) is 24.2 Å². The van der Waals surface area contributed by atoms with E-state index in [2.05, 4.69) is 21.2 Å². The minimum absolute atomic E-state index is 0.0251. The molecule has 0 bridgehead atoms. The number of amides is 1. The summed E-state index contributed by atoms with van der Waals surface area (Å²) >= 11 is 3.41. The van der Waals surface area contributed by atoms with Crippen LogP contribution >= 0.6 is 15.9 Å². The standard InChI is InChI=1S/C18H19BrN2O4S/c1-2-15(11-4-3-5-14(9-11)26(20,23)24)21-18(22)17-10-12-8-13(19)6-7-16(12)25-17/h3-9,15,17H,2,10H2,1H3,(H,21,22)(H2,20,23,24). The van der Waals surface area contributed by atoms with Crippen molar-refractivity contribution in [2.75, 3.05) is 0 Å². The highest BCUT2D eigenvalue weighted by Gasteiger charge is 2.30. The smallest absolute Gasteiger partial charge is 0.261 e. The molecule has 1 aliphatic heterocycles. The summed E-state index contributed by atoms with van der Waals surface area (Å²) in [5.74, 6) is 0.475. The van der Waals surface area contributed by atoms with E-state index >= 15 is 0 Å². The zero-order valence-corrected chi connectivity index (χ0v) is 16.5. The monoisotopic (exact) mass is 438 g/mol. The van der Waals surface area contributed by atoms with E-state index in [9.17, 15) is 13.2 Å². The van der Waals surface area contributed by atoms with Gasteiger partial charge >= 0.3 is 0 Å². The number of sulfonamides is 1. The van der Waals surface area contributed by atoms with Crippen molar-refractivity contribution < 1.29 is 17.9 Å². The maximum absolute atomic E-state index is 12.6. The number of halogens is 1. The summed E-state index contributed by atoms with van der Waals surface area (Å²) in [6, 6.07) is 11.6. The Bertz CT molecular complexity index is 946. The molecule has 1 amide bonds. The summed E-state index contributed by atoms with van der Waals surface area (Å²) in [4.78, 5) is 12.7. The fourth-order valence-corrected chi connectivity index (χ4v) is 3.93. The Morgan fingerprint density at radius 1 is 1.35 bits per heavy atom. The van der Waals surface area contributed by atoms with Crippen molar-refractivity contribution in [2.24, 2.45) is 5.14 Å². The molecule has 0 aromatic heterocycles. The first-order chi connectivity index (χ1) is 12.3. The van der Waals surface area contributed by atoms with Gasteiger partial charge in [-0.1, -0.05) is 35.0 Å². The maximum Gasteiger partial charge on any atom is 0.261 e. The molecule has 0 aliphatic carbocycles. The van der Waals surface area contributed by atoms with Gasteiger partial charge in [-0.15, -0.1) is 0 Å². The Balaban J connectivity index is 1.74. The zero-order chi connectivity index (χ0) is 18.9. The molecule has 0 radical (unpaired) electrons. The fraction of sp³-hybridized carbons (Fsp3) is 0.278. The Hall–Kier alpha value is -1.90. The number of primary sulfonamides is 1. The van der Waals surface area contributed by atoms with E-state index in [1.54, 1.807) is 12.1 Å². The Kier molecular flexibility index (Phi) is 5.36. The van der Waals surface area contributed by atoms with Gasteiger partial charge in [0.25, 0.3) is 5.91 Å². The number of carbonyl (C=O) groups is 1. The van der Waals surface area contributed by atoms with E-state index in [1.807, 2.05) is 25.1 Å². The molecule has 6 nitrogen and oxygen atoms in total. The number of nitrogens with two attached hydrogens (primary N) is 1. The molecule has 1 aliphatic rings. The largest absolute Gasteiger partial charge is 0.480 e. The summed E-state index contributed by atoms with van der Waals surface area (Å²) in [7, 11) is -3.79. The first kappa shape index (κ1) is 18.9. The summed E-state index contributed by atoms with van der Waals surface area (Å²) in [6.45, 7) is 1.91. The molecule has 26 heavy (non-hydrogen) atoms. The van der Waals surface area contributed by atoms with Crippen LogP contribution in [0.1, 0.15) is 30.5 Å². The summed E-state index contributed by atoms with van der Waals surface area (Å²) in [6.07, 6.45) is 0.494. The predicted octanol–water partition coefficient (Wildman–Crippen LogP) is 2.67. The number of rotatable bonds is 5. The summed E-state index contributed by atoms with van der Waals surface area (Å²) < 4.78 is 29.8. The molecule has 2 atom stereocenters. The van der Waals surface area contributed by atoms with Gasteiger partial charge in [0.15, 0.2) is 6.10 Å².